The van der Waals surface area contributed by atoms with E-state index >= 15 is 0 Å². The monoisotopic (exact) mass is 250 g/mol. The lowest BCUT2D eigenvalue weighted by molar-refractivity contribution is 0.243. The van der Waals surface area contributed by atoms with Crippen LogP contribution in [0, 0.1) is 12.8 Å². The third kappa shape index (κ3) is 3.40. The Hall–Kier alpha value is -1.16. The van der Waals surface area contributed by atoms with Gasteiger partial charge in [0.05, 0.1) is 6.61 Å². The van der Waals surface area contributed by atoms with Crippen molar-refractivity contribution in [2.45, 2.75) is 32.6 Å². The van der Waals surface area contributed by atoms with Gasteiger partial charge in [0, 0.05) is 17.3 Å². The van der Waals surface area contributed by atoms with Gasteiger partial charge >= 0.3 is 0 Å². The van der Waals surface area contributed by atoms with E-state index in [1.54, 1.807) is 0 Å². The van der Waals surface area contributed by atoms with Crippen LogP contribution < -0.4 is 10.5 Å². The number of rotatable bonds is 4. The van der Waals surface area contributed by atoms with Gasteiger partial charge in [-0.3, -0.25) is 0 Å². The zero-order valence-electron chi connectivity index (χ0n) is 10.1. The smallest absolute Gasteiger partial charge is 0.214 e. The van der Waals surface area contributed by atoms with Gasteiger partial charge in [-0.15, -0.1) is 0 Å². The van der Waals surface area contributed by atoms with E-state index in [1.807, 2.05) is 19.1 Å². The van der Waals surface area contributed by atoms with Crippen molar-refractivity contribution in [3.63, 3.8) is 0 Å². The molecule has 2 rings (SSSR count). The molecule has 4 heteroatoms. The van der Waals surface area contributed by atoms with Crippen molar-refractivity contribution in [2.75, 3.05) is 6.61 Å². The van der Waals surface area contributed by atoms with Crippen molar-refractivity contribution in [3.05, 3.63) is 23.4 Å². The maximum Gasteiger partial charge on any atom is 0.214 e. The number of thiocarbonyl (C=S) groups is 1. The molecule has 1 aliphatic carbocycles. The van der Waals surface area contributed by atoms with E-state index in [0.717, 1.165) is 17.9 Å². The Kier molecular flexibility index (Phi) is 3.94. The topological polar surface area (TPSA) is 48.1 Å². The van der Waals surface area contributed by atoms with Crippen LogP contribution in [-0.2, 0) is 0 Å². The standard InChI is InChI=1S/C13H18N2OS/c1-9-6-11(13(14)17)7-12(15-9)16-8-10-4-2-3-5-10/h6-7,10H,2-5,8H2,1H3,(H2,14,17). The van der Waals surface area contributed by atoms with Crippen LogP contribution in [0.4, 0.5) is 0 Å². The lowest BCUT2D eigenvalue weighted by Crippen LogP contribution is -2.12. The van der Waals surface area contributed by atoms with Crippen molar-refractivity contribution in [3.8, 4) is 5.88 Å². The number of pyridine rings is 1. The van der Waals surface area contributed by atoms with Crippen molar-refractivity contribution in [1.82, 2.24) is 4.98 Å². The summed E-state index contributed by atoms with van der Waals surface area (Å²) in [4.78, 5) is 4.73. The second kappa shape index (κ2) is 5.45. The molecule has 0 saturated heterocycles. The molecule has 0 spiro atoms. The molecule has 0 unspecified atom stereocenters. The van der Waals surface area contributed by atoms with Crippen LogP contribution in [0.5, 0.6) is 5.88 Å². The molecule has 1 fully saturated rings. The predicted octanol–water partition coefficient (Wildman–Crippen LogP) is 2.59. The van der Waals surface area contributed by atoms with Gasteiger partial charge in [-0.2, -0.15) is 0 Å². The summed E-state index contributed by atoms with van der Waals surface area (Å²) >= 11 is 4.97. The Balaban J connectivity index is 2.01. The zero-order valence-corrected chi connectivity index (χ0v) is 10.9. The first-order valence-electron chi connectivity index (χ1n) is 6.06. The predicted molar refractivity (Wildman–Crippen MR) is 72.3 cm³/mol. The number of hydrogen-bond donors (Lipinski definition) is 1. The summed E-state index contributed by atoms with van der Waals surface area (Å²) in [6, 6.07) is 3.70. The molecule has 0 bridgehead atoms. The van der Waals surface area contributed by atoms with E-state index in [0.29, 0.717) is 16.8 Å². The lowest BCUT2D eigenvalue weighted by atomic mass is 10.1. The van der Waals surface area contributed by atoms with E-state index in [4.69, 9.17) is 22.7 Å². The van der Waals surface area contributed by atoms with Gasteiger partial charge in [-0.05, 0) is 31.7 Å². The second-order valence-corrected chi connectivity index (χ2v) is 5.10. The molecular formula is C13H18N2OS. The van der Waals surface area contributed by atoms with Gasteiger partial charge in [0.2, 0.25) is 5.88 Å². The number of ether oxygens (including phenoxy) is 1. The molecule has 1 aromatic rings. The van der Waals surface area contributed by atoms with Crippen LogP contribution in [0.2, 0.25) is 0 Å². The van der Waals surface area contributed by atoms with Crippen LogP contribution in [0.1, 0.15) is 36.9 Å². The largest absolute Gasteiger partial charge is 0.477 e. The molecule has 1 saturated carbocycles. The first-order valence-corrected chi connectivity index (χ1v) is 6.47. The Labute approximate surface area is 107 Å². The molecule has 0 amide bonds. The summed E-state index contributed by atoms with van der Waals surface area (Å²) < 4.78 is 5.74. The Morgan fingerprint density at radius 1 is 1.47 bits per heavy atom. The average molecular weight is 250 g/mol. The molecule has 0 atom stereocenters. The number of aryl methyl sites for hydroxylation is 1. The summed E-state index contributed by atoms with van der Waals surface area (Å²) in [5.74, 6) is 1.32. The Bertz CT molecular complexity index is 414. The highest BCUT2D eigenvalue weighted by Crippen LogP contribution is 2.25. The summed E-state index contributed by atoms with van der Waals surface area (Å²) in [5, 5.41) is 0. The maximum absolute atomic E-state index is 5.74. The number of hydrogen-bond acceptors (Lipinski definition) is 3. The molecule has 92 valence electrons. The van der Waals surface area contributed by atoms with Gasteiger partial charge in [-0.25, -0.2) is 4.98 Å². The molecule has 1 aromatic heterocycles. The third-order valence-electron chi connectivity index (χ3n) is 3.16. The highest BCUT2D eigenvalue weighted by molar-refractivity contribution is 7.80. The number of nitrogens with two attached hydrogens (primary N) is 1. The molecule has 3 nitrogen and oxygen atoms in total. The maximum atomic E-state index is 5.74. The fraction of sp³-hybridized carbons (Fsp3) is 0.538. The van der Waals surface area contributed by atoms with Crippen molar-refractivity contribution in [1.29, 1.82) is 0 Å². The fourth-order valence-electron chi connectivity index (χ4n) is 2.23. The number of nitrogens with zero attached hydrogens (tertiary/aromatic N) is 1. The quantitative estimate of drug-likeness (QED) is 0.834. The summed E-state index contributed by atoms with van der Waals surface area (Å²) in [6.45, 7) is 2.68. The summed E-state index contributed by atoms with van der Waals surface area (Å²) in [7, 11) is 0. The van der Waals surface area contributed by atoms with Gasteiger partial charge in [0.15, 0.2) is 0 Å². The van der Waals surface area contributed by atoms with Gasteiger partial charge in [0.25, 0.3) is 0 Å². The van der Waals surface area contributed by atoms with Crippen LogP contribution in [-0.4, -0.2) is 16.6 Å². The molecule has 0 radical (unpaired) electrons. The molecule has 2 N–H and O–H groups in total. The van der Waals surface area contributed by atoms with Gasteiger partial charge < -0.3 is 10.5 Å². The molecule has 1 heterocycles. The lowest BCUT2D eigenvalue weighted by Gasteiger charge is -2.11. The van der Waals surface area contributed by atoms with Crippen LogP contribution >= 0.6 is 12.2 Å². The summed E-state index contributed by atoms with van der Waals surface area (Å²) in [6.07, 6.45) is 5.20. The average Bonchev–Trinajstić information content (AvgIpc) is 2.78. The van der Waals surface area contributed by atoms with Gasteiger partial charge in [0.1, 0.15) is 4.99 Å². The first kappa shape index (κ1) is 12.3. The minimum Gasteiger partial charge on any atom is -0.477 e. The normalized spacial score (nSPS) is 16.1. The van der Waals surface area contributed by atoms with Crippen molar-refractivity contribution in [2.24, 2.45) is 11.7 Å². The fourth-order valence-corrected chi connectivity index (χ4v) is 2.35. The Morgan fingerprint density at radius 2 is 2.18 bits per heavy atom. The minimum atomic E-state index is 0.390. The van der Waals surface area contributed by atoms with E-state index in [1.165, 1.54) is 25.7 Å². The SMILES string of the molecule is Cc1cc(C(N)=S)cc(OCC2CCCC2)n1. The molecule has 0 aliphatic heterocycles. The highest BCUT2D eigenvalue weighted by Gasteiger charge is 2.16. The number of aromatic nitrogens is 1. The molecule has 1 aliphatic rings. The molecule has 0 aromatic carbocycles. The molecular weight excluding hydrogens is 232 g/mol. The summed E-state index contributed by atoms with van der Waals surface area (Å²) in [5.41, 5.74) is 7.33. The first-order chi connectivity index (χ1) is 8.15. The second-order valence-electron chi connectivity index (χ2n) is 4.66. The van der Waals surface area contributed by atoms with Crippen LogP contribution in [0.15, 0.2) is 12.1 Å². The Morgan fingerprint density at radius 3 is 2.82 bits per heavy atom. The third-order valence-corrected chi connectivity index (χ3v) is 3.39. The highest BCUT2D eigenvalue weighted by atomic mass is 32.1. The minimum absolute atomic E-state index is 0.390. The van der Waals surface area contributed by atoms with E-state index in [-0.39, 0.29) is 0 Å². The van der Waals surface area contributed by atoms with E-state index in [9.17, 15) is 0 Å². The van der Waals surface area contributed by atoms with Gasteiger partial charge in [-0.1, -0.05) is 25.1 Å². The zero-order chi connectivity index (χ0) is 12.3. The van der Waals surface area contributed by atoms with Crippen molar-refractivity contribution < 1.29 is 4.74 Å². The van der Waals surface area contributed by atoms with E-state index < -0.39 is 0 Å². The molecule has 17 heavy (non-hydrogen) atoms. The van der Waals surface area contributed by atoms with Crippen LogP contribution in [0.3, 0.4) is 0 Å². The van der Waals surface area contributed by atoms with Crippen molar-refractivity contribution >= 4 is 17.2 Å². The van der Waals surface area contributed by atoms with E-state index in [2.05, 4.69) is 4.98 Å². The van der Waals surface area contributed by atoms with Crippen LogP contribution in [0.25, 0.3) is 0 Å².